The second-order valence-corrected chi connectivity index (χ2v) is 6.59. The van der Waals surface area contributed by atoms with E-state index in [-0.39, 0.29) is 24.1 Å². The Morgan fingerprint density at radius 2 is 1.61 bits per heavy atom. The lowest BCUT2D eigenvalue weighted by Crippen LogP contribution is -2.29. The summed E-state index contributed by atoms with van der Waals surface area (Å²) in [6.07, 6.45) is 1.52. The number of nitrogens with zero attached hydrogens (tertiary/aromatic N) is 2. The van der Waals surface area contributed by atoms with Crippen molar-refractivity contribution < 1.29 is 14.4 Å². The third-order valence-electron chi connectivity index (χ3n) is 4.44. The molecule has 0 radical (unpaired) electrons. The Morgan fingerprint density at radius 3 is 2.25 bits per heavy atom. The van der Waals surface area contributed by atoms with Crippen LogP contribution in [0.15, 0.2) is 66.9 Å². The van der Waals surface area contributed by atoms with Gasteiger partial charge < -0.3 is 5.32 Å². The Kier molecular flexibility index (Phi) is 4.63. The molecular weight excluding hydrogens is 378 g/mol. The molecule has 0 saturated carbocycles. The first-order chi connectivity index (χ1) is 13.6. The number of nitrogens with one attached hydrogen (secondary N) is 1. The van der Waals surface area contributed by atoms with Crippen molar-refractivity contribution in [3.63, 3.8) is 0 Å². The largest absolute Gasteiger partial charge is 0.319 e. The van der Waals surface area contributed by atoms with Gasteiger partial charge in [0.1, 0.15) is 5.69 Å². The number of benzene rings is 2. The molecule has 3 amide bonds. The number of halogens is 1. The summed E-state index contributed by atoms with van der Waals surface area (Å²) >= 11 is 6.28. The molecule has 0 bridgehead atoms. The predicted molar refractivity (Wildman–Crippen MR) is 104 cm³/mol. The Labute approximate surface area is 165 Å². The van der Waals surface area contributed by atoms with Crippen LogP contribution in [0.25, 0.3) is 0 Å². The van der Waals surface area contributed by atoms with Crippen molar-refractivity contribution in [2.45, 2.75) is 6.54 Å². The van der Waals surface area contributed by atoms with E-state index in [1.54, 1.807) is 60.7 Å². The fourth-order valence-electron chi connectivity index (χ4n) is 3.07. The first-order valence-electron chi connectivity index (χ1n) is 8.51. The Hall–Kier alpha value is -3.51. The molecule has 6 nitrogen and oxygen atoms in total. The second kappa shape index (κ2) is 7.25. The molecule has 1 aliphatic heterocycles. The molecule has 28 heavy (non-hydrogen) atoms. The monoisotopic (exact) mass is 391 g/mol. The minimum Gasteiger partial charge on any atom is -0.319 e. The summed E-state index contributed by atoms with van der Waals surface area (Å²) in [5, 5.41) is 3.04. The van der Waals surface area contributed by atoms with Crippen molar-refractivity contribution in [3.05, 3.63) is 94.3 Å². The molecule has 0 saturated heterocycles. The SMILES string of the molecule is O=C(Nc1c(Cl)cccc1CN1C(=O)c2ccccc2C1=O)c1ccccn1. The molecule has 0 fully saturated rings. The van der Waals surface area contributed by atoms with Crippen molar-refractivity contribution in [2.24, 2.45) is 0 Å². The summed E-state index contributed by atoms with van der Waals surface area (Å²) in [5.74, 6) is -1.18. The molecule has 2 heterocycles. The van der Waals surface area contributed by atoms with Crippen LogP contribution in [0, 0.1) is 0 Å². The maximum absolute atomic E-state index is 12.6. The number of aromatic nitrogens is 1. The van der Waals surface area contributed by atoms with Gasteiger partial charge in [0.25, 0.3) is 17.7 Å². The number of amides is 3. The number of hydrogen-bond donors (Lipinski definition) is 1. The minimum absolute atomic E-state index is 0.00919. The van der Waals surface area contributed by atoms with Crippen molar-refractivity contribution in [3.8, 4) is 0 Å². The van der Waals surface area contributed by atoms with Crippen LogP contribution in [0.5, 0.6) is 0 Å². The number of fused-ring (bicyclic) bond motifs is 1. The van der Waals surface area contributed by atoms with E-state index in [0.29, 0.717) is 27.4 Å². The molecule has 7 heteroatoms. The highest BCUT2D eigenvalue weighted by Gasteiger charge is 2.35. The van der Waals surface area contributed by atoms with Gasteiger partial charge in [0.15, 0.2) is 0 Å². The van der Waals surface area contributed by atoms with E-state index in [1.165, 1.54) is 6.20 Å². The topological polar surface area (TPSA) is 79.4 Å². The van der Waals surface area contributed by atoms with Crippen LogP contribution in [-0.2, 0) is 6.54 Å². The van der Waals surface area contributed by atoms with Gasteiger partial charge in [0.05, 0.1) is 28.4 Å². The lowest BCUT2D eigenvalue weighted by molar-refractivity contribution is 0.0642. The molecule has 0 aliphatic carbocycles. The summed E-state index contributed by atoms with van der Waals surface area (Å²) in [6, 6.07) is 16.7. The van der Waals surface area contributed by atoms with Gasteiger partial charge in [-0.1, -0.05) is 41.9 Å². The number of hydrogen-bond acceptors (Lipinski definition) is 4. The highest BCUT2D eigenvalue weighted by atomic mass is 35.5. The van der Waals surface area contributed by atoms with Crippen molar-refractivity contribution >= 4 is 35.0 Å². The molecule has 2 aromatic carbocycles. The average molecular weight is 392 g/mol. The van der Waals surface area contributed by atoms with Crippen LogP contribution in [0.3, 0.4) is 0 Å². The predicted octanol–water partition coefficient (Wildman–Crippen LogP) is 3.78. The lowest BCUT2D eigenvalue weighted by atomic mass is 10.1. The number of rotatable bonds is 4. The number of pyridine rings is 1. The summed E-state index contributed by atoms with van der Waals surface area (Å²) < 4.78 is 0. The van der Waals surface area contributed by atoms with Gasteiger partial charge in [-0.3, -0.25) is 24.3 Å². The number of imide groups is 1. The molecule has 0 unspecified atom stereocenters. The molecule has 0 spiro atoms. The molecule has 1 aliphatic rings. The standard InChI is InChI=1S/C21H14ClN3O3/c22-16-9-5-6-13(18(16)24-19(26)17-10-3-4-11-23-17)12-25-20(27)14-7-1-2-8-15(14)21(25)28/h1-11H,12H2,(H,24,26). The summed E-state index contributed by atoms with van der Waals surface area (Å²) in [4.78, 5) is 42.9. The molecule has 138 valence electrons. The summed E-state index contributed by atoms with van der Waals surface area (Å²) in [6.45, 7) is -0.00919. The maximum Gasteiger partial charge on any atom is 0.274 e. The summed E-state index contributed by atoms with van der Waals surface area (Å²) in [7, 11) is 0. The van der Waals surface area contributed by atoms with E-state index in [4.69, 9.17) is 11.6 Å². The van der Waals surface area contributed by atoms with E-state index in [2.05, 4.69) is 10.3 Å². The molecule has 0 atom stereocenters. The zero-order chi connectivity index (χ0) is 19.7. The first-order valence-corrected chi connectivity index (χ1v) is 8.89. The van der Waals surface area contributed by atoms with Gasteiger partial charge >= 0.3 is 0 Å². The van der Waals surface area contributed by atoms with Crippen LogP contribution >= 0.6 is 11.6 Å². The van der Waals surface area contributed by atoms with E-state index in [9.17, 15) is 14.4 Å². The molecule has 4 rings (SSSR count). The zero-order valence-electron chi connectivity index (χ0n) is 14.6. The van der Waals surface area contributed by atoms with Crippen LogP contribution in [0.2, 0.25) is 5.02 Å². The van der Waals surface area contributed by atoms with Gasteiger partial charge in [0.2, 0.25) is 0 Å². The lowest BCUT2D eigenvalue weighted by Gasteiger charge is -2.18. The van der Waals surface area contributed by atoms with Crippen molar-refractivity contribution in [2.75, 3.05) is 5.32 Å². The zero-order valence-corrected chi connectivity index (χ0v) is 15.3. The molecule has 1 aromatic heterocycles. The van der Waals surface area contributed by atoms with Gasteiger partial charge in [-0.15, -0.1) is 0 Å². The Bertz CT molecular complexity index is 1060. The van der Waals surface area contributed by atoms with E-state index < -0.39 is 5.91 Å². The van der Waals surface area contributed by atoms with Crippen molar-refractivity contribution in [1.29, 1.82) is 0 Å². The first kappa shape index (κ1) is 17.9. The van der Waals surface area contributed by atoms with Gasteiger partial charge in [0, 0.05) is 6.20 Å². The van der Waals surface area contributed by atoms with Crippen LogP contribution in [-0.4, -0.2) is 27.6 Å². The molecule has 1 N–H and O–H groups in total. The summed E-state index contributed by atoms with van der Waals surface area (Å²) in [5.41, 5.74) is 1.86. The molecular formula is C21H14ClN3O3. The van der Waals surface area contributed by atoms with Crippen LogP contribution in [0.4, 0.5) is 5.69 Å². The number of carbonyl (C=O) groups is 3. The van der Waals surface area contributed by atoms with Gasteiger partial charge in [-0.2, -0.15) is 0 Å². The molecule has 3 aromatic rings. The van der Waals surface area contributed by atoms with Crippen LogP contribution in [0.1, 0.15) is 36.8 Å². The third-order valence-corrected chi connectivity index (χ3v) is 4.76. The number of anilines is 1. The highest BCUT2D eigenvalue weighted by Crippen LogP contribution is 2.30. The second-order valence-electron chi connectivity index (χ2n) is 6.19. The quantitative estimate of drug-likeness (QED) is 0.686. The Balaban J connectivity index is 1.63. The van der Waals surface area contributed by atoms with Gasteiger partial charge in [-0.05, 0) is 35.9 Å². The fraction of sp³-hybridized carbons (Fsp3) is 0.0476. The third kappa shape index (κ3) is 3.14. The van der Waals surface area contributed by atoms with Gasteiger partial charge in [-0.25, -0.2) is 0 Å². The van der Waals surface area contributed by atoms with Crippen LogP contribution < -0.4 is 5.32 Å². The minimum atomic E-state index is -0.433. The Morgan fingerprint density at radius 1 is 0.929 bits per heavy atom. The average Bonchev–Trinajstić information content (AvgIpc) is 2.96. The highest BCUT2D eigenvalue weighted by molar-refractivity contribution is 6.34. The van der Waals surface area contributed by atoms with E-state index in [0.717, 1.165) is 4.90 Å². The fourth-order valence-corrected chi connectivity index (χ4v) is 3.31. The van der Waals surface area contributed by atoms with E-state index in [1.807, 2.05) is 0 Å². The number of carbonyl (C=O) groups excluding carboxylic acids is 3. The number of para-hydroxylation sites is 1. The smallest absolute Gasteiger partial charge is 0.274 e. The van der Waals surface area contributed by atoms with Crippen molar-refractivity contribution in [1.82, 2.24) is 9.88 Å². The normalized spacial score (nSPS) is 12.8. The maximum atomic E-state index is 12.6. The van der Waals surface area contributed by atoms with E-state index >= 15 is 0 Å².